The molecule has 2 amide bonds. The number of rotatable bonds is 8. The van der Waals surface area contributed by atoms with Crippen molar-refractivity contribution in [2.24, 2.45) is 5.92 Å². The van der Waals surface area contributed by atoms with Crippen molar-refractivity contribution >= 4 is 27.7 Å². The lowest BCUT2D eigenvalue weighted by molar-refractivity contribution is -0.124. The van der Waals surface area contributed by atoms with Crippen LogP contribution >= 0.6 is 15.9 Å². The van der Waals surface area contributed by atoms with Crippen molar-refractivity contribution in [2.45, 2.75) is 32.9 Å². The molecule has 0 saturated heterocycles. The van der Waals surface area contributed by atoms with Crippen molar-refractivity contribution in [3.8, 4) is 11.5 Å². The van der Waals surface area contributed by atoms with E-state index in [1.165, 1.54) is 14.2 Å². The summed E-state index contributed by atoms with van der Waals surface area (Å²) in [5.74, 6) is 0.291. The predicted molar refractivity (Wildman–Crippen MR) is 116 cm³/mol. The van der Waals surface area contributed by atoms with Gasteiger partial charge >= 0.3 is 0 Å². The van der Waals surface area contributed by atoms with Gasteiger partial charge in [0.25, 0.3) is 5.91 Å². The van der Waals surface area contributed by atoms with Crippen molar-refractivity contribution in [3.63, 3.8) is 0 Å². The maximum Gasteiger partial charge on any atom is 0.252 e. The zero-order valence-corrected chi connectivity index (χ0v) is 18.9. The lowest BCUT2D eigenvalue weighted by Crippen LogP contribution is -2.50. The van der Waals surface area contributed by atoms with Crippen molar-refractivity contribution in [3.05, 3.63) is 58.1 Å². The van der Waals surface area contributed by atoms with E-state index in [0.29, 0.717) is 17.1 Å². The normalized spacial score (nSPS) is 12.8. The van der Waals surface area contributed by atoms with E-state index in [2.05, 4.69) is 26.6 Å². The molecule has 0 aromatic heterocycles. The number of nitrogens with one attached hydrogen (secondary N) is 2. The second-order valence-corrected chi connectivity index (χ2v) is 7.90. The fourth-order valence-corrected chi connectivity index (χ4v) is 3.53. The Labute approximate surface area is 180 Å². The zero-order valence-electron chi connectivity index (χ0n) is 17.3. The third kappa shape index (κ3) is 5.97. The number of methoxy groups -OCH3 is 2. The van der Waals surface area contributed by atoms with Gasteiger partial charge in [0.15, 0.2) is 0 Å². The Morgan fingerprint density at radius 2 is 1.52 bits per heavy atom. The minimum absolute atomic E-state index is 0.0992. The SMILES string of the molecule is COc1cc(OC)cc(C(=O)NC(C(=O)NC(C)c2ccccc2Br)C(C)C)c1. The van der Waals surface area contributed by atoms with E-state index < -0.39 is 6.04 Å². The van der Waals surface area contributed by atoms with Gasteiger partial charge in [-0.3, -0.25) is 9.59 Å². The van der Waals surface area contributed by atoms with E-state index in [1.54, 1.807) is 18.2 Å². The monoisotopic (exact) mass is 462 g/mol. The molecule has 156 valence electrons. The van der Waals surface area contributed by atoms with Gasteiger partial charge in [-0.05, 0) is 36.6 Å². The second kappa shape index (κ2) is 10.3. The Morgan fingerprint density at radius 3 is 2.03 bits per heavy atom. The lowest BCUT2D eigenvalue weighted by Gasteiger charge is -2.25. The Kier molecular flexibility index (Phi) is 8.08. The number of ether oxygens (including phenoxy) is 2. The molecule has 2 unspecified atom stereocenters. The average molecular weight is 463 g/mol. The van der Waals surface area contributed by atoms with Crippen molar-refractivity contribution in [1.82, 2.24) is 10.6 Å². The van der Waals surface area contributed by atoms with Crippen LogP contribution in [0.15, 0.2) is 46.9 Å². The molecule has 0 aliphatic carbocycles. The van der Waals surface area contributed by atoms with Gasteiger partial charge in [-0.2, -0.15) is 0 Å². The Hall–Kier alpha value is -2.54. The molecule has 2 N–H and O–H groups in total. The summed E-state index contributed by atoms with van der Waals surface area (Å²) in [5, 5.41) is 5.82. The van der Waals surface area contributed by atoms with Gasteiger partial charge in [0.1, 0.15) is 17.5 Å². The van der Waals surface area contributed by atoms with Crippen LogP contribution < -0.4 is 20.1 Å². The summed E-state index contributed by atoms with van der Waals surface area (Å²) in [6.45, 7) is 5.68. The number of carbonyl (C=O) groups excluding carboxylic acids is 2. The average Bonchev–Trinajstić information content (AvgIpc) is 2.71. The summed E-state index contributed by atoms with van der Waals surface area (Å²) < 4.78 is 11.4. The van der Waals surface area contributed by atoms with Gasteiger partial charge in [-0.25, -0.2) is 0 Å². The number of hydrogen-bond acceptors (Lipinski definition) is 4. The number of benzene rings is 2. The molecule has 2 aromatic carbocycles. The number of amides is 2. The molecule has 0 spiro atoms. The minimum Gasteiger partial charge on any atom is -0.497 e. The highest BCUT2D eigenvalue weighted by Gasteiger charge is 2.26. The maximum atomic E-state index is 12.9. The molecule has 0 aliphatic rings. The summed E-state index contributed by atoms with van der Waals surface area (Å²) in [7, 11) is 3.04. The van der Waals surface area contributed by atoms with Gasteiger partial charge in [0.05, 0.1) is 20.3 Å². The van der Waals surface area contributed by atoms with Crippen LogP contribution in [0.3, 0.4) is 0 Å². The summed E-state index contributed by atoms with van der Waals surface area (Å²) in [4.78, 5) is 25.7. The quantitative estimate of drug-likeness (QED) is 0.618. The van der Waals surface area contributed by atoms with Crippen LogP contribution in [0.2, 0.25) is 0 Å². The van der Waals surface area contributed by atoms with Gasteiger partial charge in [0.2, 0.25) is 5.91 Å². The molecule has 0 aliphatic heterocycles. The smallest absolute Gasteiger partial charge is 0.252 e. The molecule has 0 fully saturated rings. The number of hydrogen-bond donors (Lipinski definition) is 2. The standard InChI is InChI=1S/C22H27BrN2O4/c1-13(2)20(22(27)24-14(3)18-8-6-7-9-19(18)23)25-21(26)15-10-16(28-4)12-17(11-15)29-5/h6-14,20H,1-5H3,(H,24,27)(H,25,26). The fraction of sp³-hybridized carbons (Fsp3) is 0.364. The molecule has 7 heteroatoms. The van der Waals surface area contributed by atoms with E-state index in [-0.39, 0.29) is 23.8 Å². The van der Waals surface area contributed by atoms with Crippen LogP contribution in [-0.2, 0) is 4.79 Å². The van der Waals surface area contributed by atoms with E-state index in [9.17, 15) is 9.59 Å². The van der Waals surface area contributed by atoms with E-state index >= 15 is 0 Å². The first-order chi connectivity index (χ1) is 13.8. The predicted octanol–water partition coefficient (Wildman–Crippen LogP) is 4.10. The van der Waals surface area contributed by atoms with Gasteiger partial charge in [-0.1, -0.05) is 48.0 Å². The first kappa shape index (κ1) is 22.7. The Balaban J connectivity index is 2.16. The highest BCUT2D eigenvalue weighted by molar-refractivity contribution is 9.10. The van der Waals surface area contributed by atoms with Crippen LogP contribution in [0.4, 0.5) is 0 Å². The zero-order chi connectivity index (χ0) is 21.6. The van der Waals surface area contributed by atoms with E-state index in [1.807, 2.05) is 45.0 Å². The molecule has 0 heterocycles. The molecule has 0 saturated carbocycles. The fourth-order valence-electron chi connectivity index (χ4n) is 2.91. The molecule has 29 heavy (non-hydrogen) atoms. The largest absolute Gasteiger partial charge is 0.497 e. The summed E-state index contributed by atoms with van der Waals surface area (Å²) in [5.41, 5.74) is 1.32. The molecule has 0 radical (unpaired) electrons. The topological polar surface area (TPSA) is 76.7 Å². The molecule has 6 nitrogen and oxygen atoms in total. The molecule has 2 rings (SSSR count). The molecule has 2 aromatic rings. The molecular formula is C22H27BrN2O4. The van der Waals surface area contributed by atoms with Crippen LogP contribution in [-0.4, -0.2) is 32.1 Å². The first-order valence-corrected chi connectivity index (χ1v) is 10.1. The van der Waals surface area contributed by atoms with Gasteiger partial charge in [0, 0.05) is 16.1 Å². The summed E-state index contributed by atoms with van der Waals surface area (Å²) >= 11 is 3.51. The van der Waals surface area contributed by atoms with Crippen molar-refractivity contribution in [1.29, 1.82) is 0 Å². The Bertz CT molecular complexity index is 847. The van der Waals surface area contributed by atoms with Crippen molar-refractivity contribution in [2.75, 3.05) is 14.2 Å². The lowest BCUT2D eigenvalue weighted by atomic mass is 10.0. The highest BCUT2D eigenvalue weighted by Crippen LogP contribution is 2.24. The van der Waals surface area contributed by atoms with Crippen LogP contribution in [0.25, 0.3) is 0 Å². The third-order valence-electron chi connectivity index (χ3n) is 4.58. The van der Waals surface area contributed by atoms with Crippen molar-refractivity contribution < 1.29 is 19.1 Å². The Morgan fingerprint density at radius 1 is 0.931 bits per heavy atom. The van der Waals surface area contributed by atoms with Gasteiger partial charge < -0.3 is 20.1 Å². The molecule has 2 atom stereocenters. The highest BCUT2D eigenvalue weighted by atomic mass is 79.9. The van der Waals surface area contributed by atoms with Crippen LogP contribution in [0.5, 0.6) is 11.5 Å². The van der Waals surface area contributed by atoms with E-state index in [0.717, 1.165) is 10.0 Å². The van der Waals surface area contributed by atoms with E-state index in [4.69, 9.17) is 9.47 Å². The third-order valence-corrected chi connectivity index (χ3v) is 5.30. The number of halogens is 1. The molecule has 0 bridgehead atoms. The summed E-state index contributed by atoms with van der Waals surface area (Å²) in [6, 6.07) is 11.7. The van der Waals surface area contributed by atoms with Crippen LogP contribution in [0.1, 0.15) is 42.7 Å². The number of carbonyl (C=O) groups is 2. The van der Waals surface area contributed by atoms with Gasteiger partial charge in [-0.15, -0.1) is 0 Å². The van der Waals surface area contributed by atoms with Crippen LogP contribution in [0, 0.1) is 5.92 Å². The molecular weight excluding hydrogens is 436 g/mol. The second-order valence-electron chi connectivity index (χ2n) is 7.05. The summed E-state index contributed by atoms with van der Waals surface area (Å²) in [6.07, 6.45) is 0. The first-order valence-electron chi connectivity index (χ1n) is 9.35. The maximum absolute atomic E-state index is 12.9. The minimum atomic E-state index is -0.690.